The average Bonchev–Trinajstić information content (AvgIpc) is 2.84. The molecule has 0 bridgehead atoms. The first-order valence-corrected chi connectivity index (χ1v) is 6.61. The summed E-state index contributed by atoms with van der Waals surface area (Å²) in [5.74, 6) is 0. The number of aryl methyl sites for hydroxylation is 1. The number of hydrogen-bond acceptors (Lipinski definition) is 4. The van der Waals surface area contributed by atoms with E-state index < -0.39 is 0 Å². The van der Waals surface area contributed by atoms with Gasteiger partial charge in [0.25, 0.3) is 0 Å². The van der Waals surface area contributed by atoms with Crippen LogP contribution in [0.2, 0.25) is 0 Å². The molecule has 3 N–H and O–H groups in total. The lowest BCUT2D eigenvalue weighted by Crippen LogP contribution is -2.33. The molecule has 1 aromatic rings. The van der Waals surface area contributed by atoms with Crippen LogP contribution >= 0.6 is 11.3 Å². The highest BCUT2D eigenvalue weighted by molar-refractivity contribution is 7.16. The molecule has 4 heteroatoms. The van der Waals surface area contributed by atoms with Gasteiger partial charge in [-0.3, -0.25) is 0 Å². The van der Waals surface area contributed by atoms with Crippen LogP contribution in [-0.2, 0) is 11.8 Å². The molecular weight excluding hydrogens is 218 g/mol. The Kier molecular flexibility index (Phi) is 2.20. The fraction of sp³-hybridized carbons (Fsp3) is 0.583. The van der Waals surface area contributed by atoms with Gasteiger partial charge in [0.2, 0.25) is 0 Å². The molecule has 1 aromatic heterocycles. The molecule has 3 nitrogen and oxygen atoms in total. The predicted octanol–water partition coefficient (Wildman–Crippen LogP) is 1.77. The highest BCUT2D eigenvalue weighted by Crippen LogP contribution is 2.48. The van der Waals surface area contributed by atoms with E-state index in [4.69, 9.17) is 5.73 Å². The van der Waals surface area contributed by atoms with Crippen LogP contribution in [0.5, 0.6) is 0 Å². The van der Waals surface area contributed by atoms with E-state index in [2.05, 4.69) is 11.4 Å². The number of anilines is 1. The maximum Gasteiger partial charge on any atom is 0.104 e. The Morgan fingerprint density at radius 3 is 3.00 bits per heavy atom. The van der Waals surface area contributed by atoms with Crippen molar-refractivity contribution >= 4 is 16.3 Å². The average molecular weight is 233 g/mol. The summed E-state index contributed by atoms with van der Waals surface area (Å²) in [4.78, 5) is 1.36. The van der Waals surface area contributed by atoms with Gasteiger partial charge < -0.3 is 11.1 Å². The fourth-order valence-corrected chi connectivity index (χ4v) is 4.41. The normalized spacial score (nSPS) is 27.9. The van der Waals surface area contributed by atoms with Crippen molar-refractivity contribution in [2.75, 3.05) is 18.8 Å². The molecule has 1 unspecified atom stereocenters. The van der Waals surface area contributed by atoms with Crippen molar-refractivity contribution in [3.63, 3.8) is 0 Å². The van der Waals surface area contributed by atoms with E-state index in [1.165, 1.54) is 23.3 Å². The van der Waals surface area contributed by atoms with Crippen LogP contribution in [0.4, 0.5) is 5.00 Å². The van der Waals surface area contributed by atoms with Gasteiger partial charge in [-0.2, -0.15) is 5.26 Å². The van der Waals surface area contributed by atoms with Gasteiger partial charge in [-0.25, -0.2) is 0 Å². The Bertz CT molecular complexity index is 463. The van der Waals surface area contributed by atoms with E-state index in [-0.39, 0.29) is 5.41 Å². The minimum Gasteiger partial charge on any atom is -0.389 e. The van der Waals surface area contributed by atoms with E-state index >= 15 is 0 Å². The number of rotatable bonds is 0. The Morgan fingerprint density at radius 2 is 2.31 bits per heavy atom. The summed E-state index contributed by atoms with van der Waals surface area (Å²) in [6.45, 7) is 2.09. The molecule has 0 saturated carbocycles. The van der Waals surface area contributed by atoms with Gasteiger partial charge >= 0.3 is 0 Å². The van der Waals surface area contributed by atoms with Crippen LogP contribution in [-0.4, -0.2) is 13.1 Å². The summed E-state index contributed by atoms with van der Waals surface area (Å²) in [7, 11) is 0. The molecule has 0 amide bonds. The van der Waals surface area contributed by atoms with Gasteiger partial charge in [-0.1, -0.05) is 0 Å². The van der Waals surface area contributed by atoms with Gasteiger partial charge in [0.1, 0.15) is 11.1 Å². The molecule has 1 aliphatic heterocycles. The van der Waals surface area contributed by atoms with Crippen molar-refractivity contribution in [1.29, 1.82) is 5.26 Å². The molecule has 1 aliphatic carbocycles. The van der Waals surface area contributed by atoms with E-state index in [9.17, 15) is 5.26 Å². The highest BCUT2D eigenvalue weighted by atomic mass is 32.1. The maximum absolute atomic E-state index is 9.26. The van der Waals surface area contributed by atoms with E-state index in [1.807, 2.05) is 0 Å². The van der Waals surface area contributed by atoms with E-state index in [0.29, 0.717) is 0 Å². The van der Waals surface area contributed by atoms with Crippen LogP contribution in [0.1, 0.15) is 35.3 Å². The summed E-state index contributed by atoms with van der Waals surface area (Å²) in [6, 6.07) is 2.31. The third-order valence-electron chi connectivity index (χ3n) is 3.95. The second-order valence-corrected chi connectivity index (χ2v) is 5.95. The number of nitriles is 1. The summed E-state index contributed by atoms with van der Waals surface area (Å²) >= 11 is 1.63. The molecule has 0 aromatic carbocycles. The standard InChI is InChI=1S/C12H15N3S/c13-6-8-10-9(16-11(8)14)2-1-3-12(10)4-5-15-7-12/h15H,1-5,7,14H2. The SMILES string of the molecule is N#Cc1c(N)sc2c1C1(CCC2)CCNC1. The molecule has 1 fully saturated rings. The third-order valence-corrected chi connectivity index (χ3v) is 5.03. The smallest absolute Gasteiger partial charge is 0.104 e. The Hall–Kier alpha value is -1.05. The number of hydrogen-bond donors (Lipinski definition) is 2. The topological polar surface area (TPSA) is 61.8 Å². The van der Waals surface area contributed by atoms with Crippen LogP contribution in [0.15, 0.2) is 0 Å². The number of nitrogens with zero attached hydrogens (tertiary/aromatic N) is 1. The number of fused-ring (bicyclic) bond motifs is 2. The Balaban J connectivity index is 2.20. The minimum atomic E-state index is 0.215. The molecular formula is C12H15N3S. The first kappa shape index (κ1) is 10.1. The lowest BCUT2D eigenvalue weighted by molar-refractivity contribution is 0.396. The molecule has 1 atom stereocenters. The second kappa shape index (κ2) is 3.47. The van der Waals surface area contributed by atoms with E-state index in [0.717, 1.165) is 36.5 Å². The van der Waals surface area contributed by atoms with Gasteiger partial charge in [-0.05, 0) is 37.8 Å². The Labute approximate surface area is 99.3 Å². The molecule has 1 spiro atoms. The van der Waals surface area contributed by atoms with Crippen molar-refractivity contribution in [1.82, 2.24) is 5.32 Å². The number of nitrogens with two attached hydrogens (primary N) is 1. The molecule has 0 radical (unpaired) electrons. The van der Waals surface area contributed by atoms with Gasteiger partial charge in [-0.15, -0.1) is 11.3 Å². The van der Waals surface area contributed by atoms with Crippen molar-refractivity contribution in [3.05, 3.63) is 16.0 Å². The monoisotopic (exact) mass is 233 g/mol. The molecule has 16 heavy (non-hydrogen) atoms. The molecule has 3 rings (SSSR count). The first-order valence-electron chi connectivity index (χ1n) is 5.79. The molecule has 2 heterocycles. The fourth-order valence-electron chi connectivity index (χ4n) is 3.23. The summed E-state index contributed by atoms with van der Waals surface area (Å²) < 4.78 is 0. The quantitative estimate of drug-likeness (QED) is 0.718. The van der Waals surface area contributed by atoms with Crippen molar-refractivity contribution in [2.45, 2.75) is 31.1 Å². The largest absolute Gasteiger partial charge is 0.389 e. The zero-order valence-corrected chi connectivity index (χ0v) is 9.99. The van der Waals surface area contributed by atoms with Gasteiger partial charge in [0.15, 0.2) is 0 Å². The first-order chi connectivity index (χ1) is 7.77. The van der Waals surface area contributed by atoms with E-state index in [1.54, 1.807) is 11.3 Å². The van der Waals surface area contributed by atoms with Crippen molar-refractivity contribution in [2.24, 2.45) is 0 Å². The lowest BCUT2D eigenvalue weighted by atomic mass is 9.70. The summed E-state index contributed by atoms with van der Waals surface area (Å²) in [6.07, 6.45) is 4.70. The molecule has 1 saturated heterocycles. The minimum absolute atomic E-state index is 0.215. The lowest BCUT2D eigenvalue weighted by Gasteiger charge is -2.33. The van der Waals surface area contributed by atoms with Crippen LogP contribution in [0, 0.1) is 11.3 Å². The summed E-state index contributed by atoms with van der Waals surface area (Å²) in [5, 5.41) is 13.4. The predicted molar refractivity (Wildman–Crippen MR) is 65.5 cm³/mol. The number of thiophene rings is 1. The Morgan fingerprint density at radius 1 is 1.44 bits per heavy atom. The van der Waals surface area contributed by atoms with Crippen molar-refractivity contribution in [3.8, 4) is 6.07 Å². The number of nitrogens with one attached hydrogen (secondary N) is 1. The summed E-state index contributed by atoms with van der Waals surface area (Å²) in [5.41, 5.74) is 8.23. The van der Waals surface area contributed by atoms with Crippen molar-refractivity contribution < 1.29 is 0 Å². The second-order valence-electron chi connectivity index (χ2n) is 4.81. The maximum atomic E-state index is 9.26. The van der Waals surface area contributed by atoms with Crippen LogP contribution < -0.4 is 11.1 Å². The highest BCUT2D eigenvalue weighted by Gasteiger charge is 2.42. The zero-order valence-electron chi connectivity index (χ0n) is 9.18. The van der Waals surface area contributed by atoms with Gasteiger partial charge in [0.05, 0.1) is 5.56 Å². The molecule has 2 aliphatic rings. The van der Waals surface area contributed by atoms with Crippen LogP contribution in [0.25, 0.3) is 0 Å². The number of nitrogen functional groups attached to an aromatic ring is 1. The van der Waals surface area contributed by atoms with Gasteiger partial charge in [0, 0.05) is 16.8 Å². The third kappa shape index (κ3) is 1.22. The zero-order chi connectivity index (χ0) is 11.2. The van der Waals surface area contributed by atoms with Crippen LogP contribution in [0.3, 0.4) is 0 Å². The molecule has 84 valence electrons.